The van der Waals surface area contributed by atoms with Gasteiger partial charge in [-0.3, -0.25) is 14.6 Å². The van der Waals surface area contributed by atoms with Gasteiger partial charge in [-0.25, -0.2) is 0 Å². The number of fused-ring (bicyclic) bond motifs is 4. The standard InChI is InChI=1S/C26H28N4O3/c31-23-14-19(17-30(23)16-18-4-3-10-27-15-18)25(32)29-11-8-26(9-12-29)24-21(7-13-33-26)20-5-1-2-6-22(20)28-24/h1-6,10,15,19,28H,7-9,11-14,16-17H2. The summed E-state index contributed by atoms with van der Waals surface area (Å²) in [6.07, 6.45) is 6.26. The molecular weight excluding hydrogens is 416 g/mol. The Kier molecular flexibility index (Phi) is 4.94. The highest BCUT2D eigenvalue weighted by Crippen LogP contribution is 2.43. The van der Waals surface area contributed by atoms with Crippen LogP contribution in [0.1, 0.15) is 36.1 Å². The molecule has 0 aliphatic carbocycles. The van der Waals surface area contributed by atoms with E-state index in [9.17, 15) is 9.59 Å². The molecule has 1 N–H and O–H groups in total. The average molecular weight is 445 g/mol. The number of para-hydroxylation sites is 1. The monoisotopic (exact) mass is 444 g/mol. The molecule has 1 spiro atoms. The number of carbonyl (C=O) groups is 2. The number of nitrogens with zero attached hydrogens (tertiary/aromatic N) is 3. The van der Waals surface area contributed by atoms with Crippen LogP contribution in [0.25, 0.3) is 10.9 Å². The van der Waals surface area contributed by atoms with Crippen molar-refractivity contribution in [1.29, 1.82) is 0 Å². The normalized spacial score (nSPS) is 22.2. The van der Waals surface area contributed by atoms with Crippen molar-refractivity contribution in [2.45, 2.75) is 37.8 Å². The molecule has 3 aliphatic heterocycles. The Labute approximate surface area is 192 Å². The van der Waals surface area contributed by atoms with Crippen molar-refractivity contribution < 1.29 is 14.3 Å². The number of pyridine rings is 1. The van der Waals surface area contributed by atoms with E-state index < -0.39 is 0 Å². The molecule has 2 aromatic heterocycles. The third-order valence-corrected chi connectivity index (χ3v) is 7.54. The molecule has 1 unspecified atom stereocenters. The van der Waals surface area contributed by atoms with Crippen LogP contribution in [-0.4, -0.2) is 57.8 Å². The number of benzene rings is 1. The Morgan fingerprint density at radius 1 is 1.18 bits per heavy atom. The largest absolute Gasteiger partial charge is 0.368 e. The zero-order valence-electron chi connectivity index (χ0n) is 18.6. The molecule has 2 saturated heterocycles. The van der Waals surface area contributed by atoms with Gasteiger partial charge in [0.1, 0.15) is 5.60 Å². The minimum absolute atomic E-state index is 0.0454. The second kappa shape index (κ2) is 7.99. The molecule has 0 radical (unpaired) electrons. The molecule has 0 saturated carbocycles. The molecule has 7 heteroatoms. The van der Waals surface area contributed by atoms with Crippen molar-refractivity contribution in [1.82, 2.24) is 19.8 Å². The first-order valence-corrected chi connectivity index (χ1v) is 11.8. The highest BCUT2D eigenvalue weighted by molar-refractivity contribution is 5.89. The van der Waals surface area contributed by atoms with E-state index >= 15 is 0 Å². The highest BCUT2D eigenvalue weighted by Gasteiger charge is 2.45. The van der Waals surface area contributed by atoms with Crippen molar-refractivity contribution in [3.8, 4) is 0 Å². The van der Waals surface area contributed by atoms with Crippen molar-refractivity contribution in [2.24, 2.45) is 5.92 Å². The van der Waals surface area contributed by atoms with Crippen LogP contribution in [0.2, 0.25) is 0 Å². The summed E-state index contributed by atoms with van der Waals surface area (Å²) < 4.78 is 6.38. The smallest absolute Gasteiger partial charge is 0.227 e. The number of amides is 2. The molecule has 2 amide bonds. The van der Waals surface area contributed by atoms with Crippen LogP contribution < -0.4 is 0 Å². The van der Waals surface area contributed by atoms with Crippen LogP contribution in [0, 0.1) is 5.92 Å². The second-order valence-corrected chi connectivity index (χ2v) is 9.48. The lowest BCUT2D eigenvalue weighted by Crippen LogP contribution is -2.50. The van der Waals surface area contributed by atoms with E-state index in [1.54, 1.807) is 17.3 Å². The summed E-state index contributed by atoms with van der Waals surface area (Å²) in [5.74, 6) is -0.122. The van der Waals surface area contributed by atoms with E-state index in [-0.39, 0.29) is 23.3 Å². The zero-order chi connectivity index (χ0) is 22.4. The Balaban J connectivity index is 1.14. The van der Waals surface area contributed by atoms with E-state index in [0.717, 1.165) is 30.3 Å². The highest BCUT2D eigenvalue weighted by atomic mass is 16.5. The molecule has 1 atom stereocenters. The molecular formula is C26H28N4O3. The number of piperidine rings is 1. The van der Waals surface area contributed by atoms with Gasteiger partial charge in [-0.15, -0.1) is 0 Å². The van der Waals surface area contributed by atoms with Gasteiger partial charge in [0.25, 0.3) is 0 Å². The van der Waals surface area contributed by atoms with Crippen LogP contribution in [0.4, 0.5) is 0 Å². The van der Waals surface area contributed by atoms with E-state index in [1.807, 2.05) is 17.0 Å². The van der Waals surface area contributed by atoms with Gasteiger partial charge in [0, 0.05) is 55.9 Å². The molecule has 3 aliphatic rings. The van der Waals surface area contributed by atoms with Crippen LogP contribution in [0.5, 0.6) is 0 Å². The van der Waals surface area contributed by atoms with Crippen LogP contribution in [-0.2, 0) is 32.9 Å². The Hall–Kier alpha value is -3.19. The first-order valence-electron chi connectivity index (χ1n) is 11.8. The molecule has 170 valence electrons. The molecule has 7 nitrogen and oxygen atoms in total. The summed E-state index contributed by atoms with van der Waals surface area (Å²) in [5, 5.41) is 1.28. The molecule has 5 heterocycles. The molecule has 2 fully saturated rings. The fraction of sp³-hybridized carbons (Fsp3) is 0.423. The second-order valence-electron chi connectivity index (χ2n) is 9.48. The summed E-state index contributed by atoms with van der Waals surface area (Å²) >= 11 is 0. The SMILES string of the molecule is O=C1CC(C(=O)N2CCC3(CC2)OCCc2c3[nH]c3ccccc23)CN1Cc1cccnc1. The van der Waals surface area contributed by atoms with Gasteiger partial charge in [0.05, 0.1) is 18.2 Å². The fourth-order valence-electron chi connectivity index (χ4n) is 5.81. The lowest BCUT2D eigenvalue weighted by molar-refractivity contribution is -0.145. The predicted molar refractivity (Wildman–Crippen MR) is 123 cm³/mol. The maximum atomic E-state index is 13.3. The molecule has 1 aromatic carbocycles. The predicted octanol–water partition coefficient (Wildman–Crippen LogP) is 3.00. The van der Waals surface area contributed by atoms with Gasteiger partial charge in [0.2, 0.25) is 11.8 Å². The summed E-state index contributed by atoms with van der Waals surface area (Å²) in [6.45, 7) is 3.01. The summed E-state index contributed by atoms with van der Waals surface area (Å²) in [5.41, 5.74) is 4.36. The quantitative estimate of drug-likeness (QED) is 0.674. The van der Waals surface area contributed by atoms with E-state index in [1.165, 1.54) is 16.6 Å². The molecule has 6 rings (SSSR count). The van der Waals surface area contributed by atoms with Crippen LogP contribution in [0.3, 0.4) is 0 Å². The third kappa shape index (κ3) is 3.51. The third-order valence-electron chi connectivity index (χ3n) is 7.54. The summed E-state index contributed by atoms with van der Waals surface area (Å²) in [7, 11) is 0. The first kappa shape index (κ1) is 20.4. The first-order chi connectivity index (χ1) is 16.1. The number of likely N-dealkylation sites (tertiary alicyclic amines) is 2. The number of rotatable bonds is 3. The molecule has 33 heavy (non-hydrogen) atoms. The number of hydrogen-bond acceptors (Lipinski definition) is 4. The summed E-state index contributed by atoms with van der Waals surface area (Å²) in [4.78, 5) is 37.3. The Morgan fingerprint density at radius 2 is 2.03 bits per heavy atom. The number of carbonyl (C=O) groups excluding carboxylic acids is 2. The van der Waals surface area contributed by atoms with Gasteiger partial charge in [-0.1, -0.05) is 24.3 Å². The lowest BCUT2D eigenvalue weighted by Gasteiger charge is -2.44. The van der Waals surface area contributed by atoms with Crippen molar-refractivity contribution in [3.63, 3.8) is 0 Å². The van der Waals surface area contributed by atoms with Crippen molar-refractivity contribution >= 4 is 22.7 Å². The minimum atomic E-state index is -0.346. The Morgan fingerprint density at radius 3 is 2.85 bits per heavy atom. The van der Waals surface area contributed by atoms with Gasteiger partial charge in [-0.05, 0) is 42.5 Å². The number of H-pyrrole nitrogens is 1. The van der Waals surface area contributed by atoms with Crippen LogP contribution >= 0.6 is 0 Å². The van der Waals surface area contributed by atoms with E-state index in [2.05, 4.69) is 34.2 Å². The van der Waals surface area contributed by atoms with E-state index in [0.29, 0.717) is 39.2 Å². The topological polar surface area (TPSA) is 78.5 Å². The number of aromatic amines is 1. The maximum absolute atomic E-state index is 13.3. The maximum Gasteiger partial charge on any atom is 0.227 e. The van der Waals surface area contributed by atoms with Gasteiger partial charge in [0.15, 0.2) is 0 Å². The molecule has 0 bridgehead atoms. The number of ether oxygens (including phenoxy) is 1. The van der Waals surface area contributed by atoms with Crippen LogP contribution in [0.15, 0.2) is 48.8 Å². The average Bonchev–Trinajstić information content (AvgIpc) is 3.41. The number of aromatic nitrogens is 2. The Bertz CT molecular complexity index is 1200. The van der Waals surface area contributed by atoms with Gasteiger partial charge in [-0.2, -0.15) is 0 Å². The lowest BCUT2D eigenvalue weighted by atomic mass is 9.83. The summed E-state index contributed by atoms with van der Waals surface area (Å²) in [6, 6.07) is 12.3. The number of hydrogen-bond donors (Lipinski definition) is 1. The van der Waals surface area contributed by atoms with Gasteiger partial charge >= 0.3 is 0 Å². The fourth-order valence-corrected chi connectivity index (χ4v) is 5.81. The van der Waals surface area contributed by atoms with Crippen molar-refractivity contribution in [2.75, 3.05) is 26.2 Å². The van der Waals surface area contributed by atoms with Gasteiger partial charge < -0.3 is 19.5 Å². The number of nitrogens with one attached hydrogen (secondary N) is 1. The minimum Gasteiger partial charge on any atom is -0.368 e. The van der Waals surface area contributed by atoms with E-state index in [4.69, 9.17) is 4.74 Å². The zero-order valence-corrected chi connectivity index (χ0v) is 18.6. The molecule has 3 aromatic rings. The van der Waals surface area contributed by atoms with Crippen molar-refractivity contribution in [3.05, 3.63) is 65.6 Å².